The van der Waals surface area contributed by atoms with E-state index in [2.05, 4.69) is 15.0 Å². The van der Waals surface area contributed by atoms with Gasteiger partial charge in [-0.2, -0.15) is 0 Å². The van der Waals surface area contributed by atoms with E-state index in [4.69, 9.17) is 26.4 Å². The third-order valence-electron chi connectivity index (χ3n) is 4.06. The molecule has 0 amide bonds. The number of aromatic nitrogens is 4. The molecule has 0 bridgehead atoms. The third-order valence-corrected chi connectivity index (χ3v) is 7.17. The van der Waals surface area contributed by atoms with E-state index in [1.807, 2.05) is 6.92 Å². The van der Waals surface area contributed by atoms with Crippen LogP contribution in [0.5, 0.6) is 0 Å². The molecule has 1 aliphatic heterocycles. The minimum absolute atomic E-state index is 0.280. The minimum atomic E-state index is -3.41. The van der Waals surface area contributed by atoms with Crippen molar-refractivity contribution in [2.75, 3.05) is 12.3 Å². The molecular weight excluding hydrogens is 365 g/mol. The summed E-state index contributed by atoms with van der Waals surface area (Å²) in [4.78, 5) is 12.4. The minimum Gasteiger partial charge on any atom is -0.382 e. The van der Waals surface area contributed by atoms with Crippen molar-refractivity contribution in [3.05, 3.63) is 23.0 Å². The van der Waals surface area contributed by atoms with Gasteiger partial charge in [-0.25, -0.2) is 15.0 Å². The smallest absolute Gasteiger partial charge is 0.359 e. The van der Waals surface area contributed by atoms with E-state index in [-0.39, 0.29) is 13.2 Å². The van der Waals surface area contributed by atoms with Crippen molar-refractivity contribution >= 4 is 36.2 Å². The van der Waals surface area contributed by atoms with Crippen LogP contribution in [0.1, 0.15) is 33.6 Å². The van der Waals surface area contributed by atoms with Crippen molar-refractivity contribution in [2.45, 2.75) is 45.8 Å². The van der Waals surface area contributed by atoms with Gasteiger partial charge in [0.05, 0.1) is 29.8 Å². The van der Waals surface area contributed by atoms with Crippen LogP contribution in [-0.2, 0) is 20.2 Å². The Morgan fingerprint density at radius 1 is 1.40 bits per heavy atom. The number of nitrogens with zero attached hydrogens (tertiary/aromatic N) is 4. The summed E-state index contributed by atoms with van der Waals surface area (Å²) in [6.07, 6.45) is 4.32. The van der Waals surface area contributed by atoms with Gasteiger partial charge in [0, 0.05) is 0 Å². The normalized spacial score (nSPS) is 26.7. The number of imidazole rings is 1. The van der Waals surface area contributed by atoms with Gasteiger partial charge in [-0.1, -0.05) is 24.9 Å². The molecule has 8 nitrogen and oxygen atoms in total. The van der Waals surface area contributed by atoms with E-state index < -0.39 is 13.2 Å². The molecule has 0 radical (unpaired) electrons. The number of halogens is 1. The molecule has 0 aliphatic carbocycles. The standard InChI is InChI=1S/C15H21ClN5O3P/c1-4-6-10-12(16)15(3,24-25(10,22)23-5-2)7-21-9-20-11-13(17)18-8-19-14(11)21/h8-9H,4-7H2,1-3H3,(H2,17,18,19). The van der Waals surface area contributed by atoms with Gasteiger partial charge in [0.1, 0.15) is 17.4 Å². The average molecular weight is 386 g/mol. The van der Waals surface area contributed by atoms with Gasteiger partial charge in [0.15, 0.2) is 11.5 Å². The summed E-state index contributed by atoms with van der Waals surface area (Å²) < 4.78 is 26.3. The second-order valence-electron chi connectivity index (χ2n) is 6.05. The second kappa shape index (κ2) is 6.68. The van der Waals surface area contributed by atoms with Crippen LogP contribution in [0.2, 0.25) is 0 Å². The summed E-state index contributed by atoms with van der Waals surface area (Å²) in [7, 11) is -3.41. The van der Waals surface area contributed by atoms with Crippen LogP contribution >= 0.6 is 19.2 Å². The lowest BCUT2D eigenvalue weighted by Crippen LogP contribution is -2.30. The van der Waals surface area contributed by atoms with E-state index in [1.165, 1.54) is 6.33 Å². The predicted octanol–water partition coefficient (Wildman–Crippen LogP) is 3.68. The first-order chi connectivity index (χ1) is 11.8. The number of rotatable bonds is 6. The fourth-order valence-corrected chi connectivity index (χ4v) is 5.85. The highest BCUT2D eigenvalue weighted by Crippen LogP contribution is 2.68. The molecule has 0 fully saturated rings. The first kappa shape index (κ1) is 18.3. The molecule has 2 aromatic heterocycles. The molecule has 0 spiro atoms. The topological polar surface area (TPSA) is 105 Å². The number of fused-ring (bicyclic) bond motifs is 1. The van der Waals surface area contributed by atoms with Crippen LogP contribution in [0.4, 0.5) is 5.82 Å². The molecule has 2 unspecified atom stereocenters. The number of allylic oxidation sites excluding steroid dienone is 1. The largest absolute Gasteiger partial charge is 0.382 e. The maximum atomic E-state index is 13.1. The molecule has 10 heteroatoms. The fraction of sp³-hybridized carbons (Fsp3) is 0.533. The van der Waals surface area contributed by atoms with Crippen molar-refractivity contribution in [2.24, 2.45) is 0 Å². The number of hydrogen-bond acceptors (Lipinski definition) is 7. The number of nitrogen functional groups attached to an aromatic ring is 1. The van der Waals surface area contributed by atoms with Crippen molar-refractivity contribution in [3.63, 3.8) is 0 Å². The van der Waals surface area contributed by atoms with E-state index in [9.17, 15) is 4.57 Å². The Balaban J connectivity index is 2.01. The maximum absolute atomic E-state index is 13.1. The molecule has 0 saturated carbocycles. The molecule has 1 aliphatic rings. The summed E-state index contributed by atoms with van der Waals surface area (Å²) in [5.41, 5.74) is 5.90. The highest BCUT2D eigenvalue weighted by atomic mass is 35.5. The molecule has 2 atom stereocenters. The number of nitrogens with two attached hydrogens (primary N) is 1. The summed E-state index contributed by atoms with van der Waals surface area (Å²) >= 11 is 6.59. The quantitative estimate of drug-likeness (QED) is 0.756. The first-order valence-electron chi connectivity index (χ1n) is 8.11. The van der Waals surface area contributed by atoms with Crippen LogP contribution < -0.4 is 5.73 Å². The van der Waals surface area contributed by atoms with Crippen molar-refractivity contribution in [1.82, 2.24) is 19.5 Å². The summed E-state index contributed by atoms with van der Waals surface area (Å²) in [6.45, 7) is 6.12. The Morgan fingerprint density at radius 2 is 2.16 bits per heavy atom. The zero-order valence-corrected chi connectivity index (χ0v) is 16.0. The Hall–Kier alpha value is -1.47. The Bertz CT molecular complexity index is 883. The SMILES string of the molecule is CCCC1=C(Cl)C(C)(Cn2cnc3c(N)ncnc32)OP1(=O)OCC. The lowest BCUT2D eigenvalue weighted by Gasteiger charge is -2.26. The Kier molecular flexibility index (Phi) is 4.90. The molecule has 3 rings (SSSR count). The van der Waals surface area contributed by atoms with Crippen LogP contribution in [0, 0.1) is 0 Å². The van der Waals surface area contributed by atoms with Crippen molar-refractivity contribution in [3.8, 4) is 0 Å². The molecule has 0 saturated heterocycles. The second-order valence-corrected chi connectivity index (χ2v) is 8.41. The third kappa shape index (κ3) is 3.08. The van der Waals surface area contributed by atoms with Gasteiger partial charge >= 0.3 is 7.60 Å². The summed E-state index contributed by atoms with van der Waals surface area (Å²) in [6, 6.07) is 0. The predicted molar refractivity (Wildman–Crippen MR) is 96.2 cm³/mol. The van der Waals surface area contributed by atoms with Gasteiger partial charge < -0.3 is 14.8 Å². The molecule has 136 valence electrons. The molecule has 25 heavy (non-hydrogen) atoms. The molecule has 2 N–H and O–H groups in total. The van der Waals surface area contributed by atoms with E-state index in [1.54, 1.807) is 24.7 Å². The van der Waals surface area contributed by atoms with Gasteiger partial charge in [0.2, 0.25) is 0 Å². The Morgan fingerprint density at radius 3 is 2.84 bits per heavy atom. The molecule has 3 heterocycles. The maximum Gasteiger partial charge on any atom is 0.359 e. The van der Waals surface area contributed by atoms with E-state index in [0.717, 1.165) is 6.42 Å². The molecular formula is C15H21ClN5O3P. The lowest BCUT2D eigenvalue weighted by atomic mass is 10.1. The number of hydrogen-bond donors (Lipinski definition) is 1. The first-order valence-corrected chi connectivity index (χ1v) is 10.0. The highest BCUT2D eigenvalue weighted by Gasteiger charge is 2.51. The fourth-order valence-electron chi connectivity index (χ4n) is 2.98. The van der Waals surface area contributed by atoms with Crippen LogP contribution in [0.15, 0.2) is 23.0 Å². The van der Waals surface area contributed by atoms with Gasteiger partial charge in [-0.3, -0.25) is 9.09 Å². The highest BCUT2D eigenvalue weighted by molar-refractivity contribution is 7.59. The molecule has 0 aromatic carbocycles. The summed E-state index contributed by atoms with van der Waals surface area (Å²) in [5.74, 6) is 0.301. The van der Waals surface area contributed by atoms with Crippen LogP contribution in [-0.4, -0.2) is 31.7 Å². The van der Waals surface area contributed by atoms with Crippen molar-refractivity contribution < 1.29 is 13.6 Å². The zero-order chi connectivity index (χ0) is 18.2. The van der Waals surface area contributed by atoms with Gasteiger partial charge in [0.25, 0.3) is 0 Å². The molecule has 2 aromatic rings. The summed E-state index contributed by atoms with van der Waals surface area (Å²) in [5, 5.41) is 0.981. The zero-order valence-electron chi connectivity index (χ0n) is 14.4. The number of anilines is 1. The van der Waals surface area contributed by atoms with E-state index >= 15 is 0 Å². The van der Waals surface area contributed by atoms with E-state index in [0.29, 0.717) is 33.7 Å². The van der Waals surface area contributed by atoms with Crippen LogP contribution in [0.3, 0.4) is 0 Å². The Labute approximate surface area is 150 Å². The monoisotopic (exact) mass is 385 g/mol. The van der Waals surface area contributed by atoms with Crippen LogP contribution in [0.25, 0.3) is 11.2 Å². The van der Waals surface area contributed by atoms with Gasteiger partial charge in [-0.15, -0.1) is 0 Å². The lowest BCUT2D eigenvalue weighted by molar-refractivity contribution is 0.101. The van der Waals surface area contributed by atoms with Gasteiger partial charge in [-0.05, 0) is 20.3 Å². The van der Waals surface area contributed by atoms with Crippen molar-refractivity contribution in [1.29, 1.82) is 0 Å². The average Bonchev–Trinajstić information content (AvgIpc) is 3.03.